The summed E-state index contributed by atoms with van der Waals surface area (Å²) in [6.07, 6.45) is 0.234. The van der Waals surface area contributed by atoms with Gasteiger partial charge in [0, 0.05) is 24.8 Å². The van der Waals surface area contributed by atoms with Crippen molar-refractivity contribution in [3.8, 4) is 6.07 Å². The Bertz CT molecular complexity index is 475. The topological polar surface area (TPSA) is 64.3 Å². The monoisotopic (exact) mass is 246 g/mol. The number of hydrogen-bond acceptors (Lipinski definition) is 4. The van der Waals surface area contributed by atoms with Crippen molar-refractivity contribution in [3.63, 3.8) is 0 Å². The van der Waals surface area contributed by atoms with Gasteiger partial charge in [0.15, 0.2) is 5.78 Å². The van der Waals surface area contributed by atoms with Crippen LogP contribution in [0, 0.1) is 11.3 Å². The minimum absolute atomic E-state index is 0.0293. The van der Waals surface area contributed by atoms with Crippen LogP contribution in [0.4, 0.5) is 5.69 Å². The van der Waals surface area contributed by atoms with E-state index in [-0.39, 0.29) is 11.9 Å². The number of hydrogen-bond donors (Lipinski definition) is 1. The molecule has 0 radical (unpaired) electrons. The maximum absolute atomic E-state index is 11.5. The third-order valence-corrected chi connectivity index (χ3v) is 2.80. The maximum Gasteiger partial charge on any atom is 0.161 e. The summed E-state index contributed by atoms with van der Waals surface area (Å²) in [5.74, 6) is -0.0293. The van der Waals surface area contributed by atoms with Crippen LogP contribution in [0.3, 0.4) is 0 Å². The van der Waals surface area contributed by atoms with E-state index in [1.54, 1.807) is 25.1 Å². The van der Waals surface area contributed by atoms with Crippen molar-refractivity contribution < 1.29 is 9.90 Å². The van der Waals surface area contributed by atoms with Crippen molar-refractivity contribution in [1.82, 2.24) is 0 Å². The molecule has 0 bridgehead atoms. The lowest BCUT2D eigenvalue weighted by molar-refractivity contribution is 0.101. The zero-order valence-electron chi connectivity index (χ0n) is 11.0. The second kappa shape index (κ2) is 6.18. The van der Waals surface area contributed by atoms with Crippen LogP contribution in [0.1, 0.15) is 36.2 Å². The van der Waals surface area contributed by atoms with Gasteiger partial charge in [-0.25, -0.2) is 0 Å². The van der Waals surface area contributed by atoms with Crippen molar-refractivity contribution >= 4 is 11.5 Å². The summed E-state index contributed by atoms with van der Waals surface area (Å²) >= 11 is 0. The minimum atomic E-state index is -0.382. The Morgan fingerprint density at radius 2 is 2.22 bits per heavy atom. The predicted molar refractivity (Wildman–Crippen MR) is 70.7 cm³/mol. The SMILES string of the molecule is CC(=O)c1ccc(C#N)cc1N(C)CCC(C)O. The second-order valence-corrected chi connectivity index (χ2v) is 4.46. The Balaban J connectivity index is 3.03. The van der Waals surface area contributed by atoms with E-state index in [2.05, 4.69) is 6.07 Å². The Labute approximate surface area is 107 Å². The van der Waals surface area contributed by atoms with Gasteiger partial charge in [0.05, 0.1) is 17.7 Å². The molecule has 0 spiro atoms. The molecular formula is C14H18N2O2. The Morgan fingerprint density at radius 1 is 1.56 bits per heavy atom. The quantitative estimate of drug-likeness (QED) is 0.807. The lowest BCUT2D eigenvalue weighted by Crippen LogP contribution is -2.23. The molecule has 1 unspecified atom stereocenters. The summed E-state index contributed by atoms with van der Waals surface area (Å²) in [6, 6.07) is 7.09. The molecule has 1 aromatic rings. The van der Waals surface area contributed by atoms with Gasteiger partial charge in [-0.15, -0.1) is 0 Å². The average molecular weight is 246 g/mol. The van der Waals surface area contributed by atoms with Crippen molar-refractivity contribution in [2.45, 2.75) is 26.4 Å². The molecule has 0 aliphatic heterocycles. The standard InChI is InChI=1S/C14H18N2O2/c1-10(17)6-7-16(3)14-8-12(9-15)4-5-13(14)11(2)18/h4-5,8,10,17H,6-7H2,1-3H3. The molecule has 4 heteroatoms. The van der Waals surface area contributed by atoms with Crippen LogP contribution in [0.25, 0.3) is 0 Å². The molecular weight excluding hydrogens is 228 g/mol. The Hall–Kier alpha value is -1.86. The molecule has 0 saturated carbocycles. The number of aliphatic hydroxyl groups is 1. The largest absolute Gasteiger partial charge is 0.393 e. The van der Waals surface area contributed by atoms with Crippen molar-refractivity contribution in [2.24, 2.45) is 0 Å². The van der Waals surface area contributed by atoms with Crippen LogP contribution in [0.2, 0.25) is 0 Å². The van der Waals surface area contributed by atoms with Gasteiger partial charge in [-0.3, -0.25) is 4.79 Å². The molecule has 18 heavy (non-hydrogen) atoms. The molecule has 0 aliphatic carbocycles. The van der Waals surface area contributed by atoms with Crippen molar-refractivity contribution in [2.75, 3.05) is 18.5 Å². The van der Waals surface area contributed by atoms with Gasteiger partial charge in [-0.2, -0.15) is 5.26 Å². The van der Waals surface area contributed by atoms with Gasteiger partial charge in [0.25, 0.3) is 0 Å². The van der Waals surface area contributed by atoms with Crippen LogP contribution in [-0.4, -0.2) is 30.6 Å². The summed E-state index contributed by atoms with van der Waals surface area (Å²) in [6.45, 7) is 3.87. The molecule has 0 aromatic heterocycles. The van der Waals surface area contributed by atoms with Gasteiger partial charge >= 0.3 is 0 Å². The summed E-state index contributed by atoms with van der Waals surface area (Å²) in [5, 5.41) is 18.2. The second-order valence-electron chi connectivity index (χ2n) is 4.46. The molecule has 0 amide bonds. The number of nitriles is 1. The summed E-state index contributed by atoms with van der Waals surface area (Å²) in [7, 11) is 1.85. The van der Waals surface area contributed by atoms with E-state index in [1.807, 2.05) is 11.9 Å². The van der Waals surface area contributed by atoms with E-state index < -0.39 is 0 Å². The summed E-state index contributed by atoms with van der Waals surface area (Å²) < 4.78 is 0. The van der Waals surface area contributed by atoms with Gasteiger partial charge in [-0.1, -0.05) is 0 Å². The number of nitrogens with zero attached hydrogens (tertiary/aromatic N) is 2. The fourth-order valence-electron chi connectivity index (χ4n) is 1.72. The highest BCUT2D eigenvalue weighted by Gasteiger charge is 2.12. The minimum Gasteiger partial charge on any atom is -0.393 e. The first-order valence-electron chi connectivity index (χ1n) is 5.90. The number of rotatable bonds is 5. The third kappa shape index (κ3) is 3.57. The van der Waals surface area contributed by atoms with E-state index >= 15 is 0 Å². The maximum atomic E-state index is 11.5. The molecule has 1 rings (SSSR count). The number of benzene rings is 1. The number of Topliss-reactive ketones (excluding diaryl/α,β-unsaturated/α-hetero) is 1. The molecule has 1 N–H and O–H groups in total. The predicted octanol–water partition coefficient (Wildman–Crippen LogP) is 1.97. The number of ketones is 1. The number of carbonyl (C=O) groups excluding carboxylic acids is 1. The summed E-state index contributed by atoms with van der Waals surface area (Å²) in [4.78, 5) is 13.4. The lowest BCUT2D eigenvalue weighted by atomic mass is 10.1. The molecule has 0 fully saturated rings. The first-order valence-corrected chi connectivity index (χ1v) is 5.90. The van der Waals surface area contributed by atoms with Gasteiger partial charge in [0.2, 0.25) is 0 Å². The molecule has 0 saturated heterocycles. The third-order valence-electron chi connectivity index (χ3n) is 2.80. The normalized spacial score (nSPS) is 11.7. The fourth-order valence-corrected chi connectivity index (χ4v) is 1.72. The lowest BCUT2D eigenvalue weighted by Gasteiger charge is -2.22. The van der Waals surface area contributed by atoms with E-state index in [0.29, 0.717) is 24.1 Å². The fraction of sp³-hybridized carbons (Fsp3) is 0.429. The number of aliphatic hydroxyl groups excluding tert-OH is 1. The highest BCUT2D eigenvalue weighted by atomic mass is 16.3. The smallest absolute Gasteiger partial charge is 0.161 e. The highest BCUT2D eigenvalue weighted by Crippen LogP contribution is 2.22. The Morgan fingerprint density at radius 3 is 2.72 bits per heavy atom. The van der Waals surface area contributed by atoms with Crippen LogP contribution in [-0.2, 0) is 0 Å². The first-order chi connectivity index (χ1) is 8.45. The van der Waals surface area contributed by atoms with Crippen molar-refractivity contribution in [3.05, 3.63) is 29.3 Å². The molecule has 4 nitrogen and oxygen atoms in total. The first kappa shape index (κ1) is 14.2. The van der Waals surface area contributed by atoms with E-state index in [9.17, 15) is 9.90 Å². The molecule has 1 aromatic carbocycles. The van der Waals surface area contributed by atoms with E-state index in [1.165, 1.54) is 6.92 Å². The zero-order chi connectivity index (χ0) is 13.7. The zero-order valence-corrected chi connectivity index (χ0v) is 11.0. The molecule has 1 atom stereocenters. The highest BCUT2D eigenvalue weighted by molar-refractivity contribution is 5.99. The van der Waals surface area contributed by atoms with Gasteiger partial charge in [-0.05, 0) is 38.5 Å². The average Bonchev–Trinajstić information content (AvgIpc) is 2.34. The van der Waals surface area contributed by atoms with Crippen LogP contribution >= 0.6 is 0 Å². The van der Waals surface area contributed by atoms with E-state index in [0.717, 1.165) is 5.69 Å². The number of carbonyl (C=O) groups is 1. The Kier molecular flexibility index (Phi) is 4.87. The van der Waals surface area contributed by atoms with Crippen molar-refractivity contribution in [1.29, 1.82) is 5.26 Å². The summed E-state index contributed by atoms with van der Waals surface area (Å²) in [5.41, 5.74) is 1.86. The molecule has 96 valence electrons. The van der Waals surface area contributed by atoms with Crippen LogP contribution in [0.15, 0.2) is 18.2 Å². The van der Waals surface area contributed by atoms with Crippen LogP contribution in [0.5, 0.6) is 0 Å². The van der Waals surface area contributed by atoms with Gasteiger partial charge in [0.1, 0.15) is 0 Å². The number of anilines is 1. The van der Waals surface area contributed by atoms with Gasteiger partial charge < -0.3 is 10.0 Å². The molecule has 0 aliphatic rings. The molecule has 0 heterocycles. The van der Waals surface area contributed by atoms with E-state index in [4.69, 9.17) is 5.26 Å². The van der Waals surface area contributed by atoms with Crippen LogP contribution < -0.4 is 4.90 Å².